The van der Waals surface area contributed by atoms with Crippen LogP contribution in [0.4, 0.5) is 0 Å². The largest absolute Gasteiger partial charge is 0.264 e. The fourth-order valence-electron chi connectivity index (χ4n) is 7.90. The number of rotatable bonds is 6. The normalized spacial score (nSPS) is 11.3. The Balaban J connectivity index is 1.17. The van der Waals surface area contributed by atoms with Crippen molar-refractivity contribution in [2.24, 2.45) is 0 Å². The lowest BCUT2D eigenvalue weighted by atomic mass is 9.84. The van der Waals surface area contributed by atoms with E-state index in [-0.39, 0.29) is 0 Å². The highest BCUT2D eigenvalue weighted by molar-refractivity contribution is 6.27. The third-order valence-electron chi connectivity index (χ3n) is 10.4. The Morgan fingerprint density at radius 2 is 0.907 bits per heavy atom. The SMILES string of the molecule is c1ccc(-c2nc(-c3ccc(-c4c5ccccc5c(-c5ccccc5)c5c4ccc4ccccc45)cc3)cc(-c3ccccc3-c3cccnc3)n2)cc1. The number of pyridine rings is 1. The van der Waals surface area contributed by atoms with Crippen LogP contribution >= 0.6 is 0 Å². The monoisotopic (exact) mass is 687 g/mol. The predicted octanol–water partition coefficient (Wildman–Crippen LogP) is 13.3. The molecule has 0 aliphatic carbocycles. The molecule has 3 nitrogen and oxygen atoms in total. The summed E-state index contributed by atoms with van der Waals surface area (Å²) < 4.78 is 0. The van der Waals surface area contributed by atoms with Gasteiger partial charge in [-0.1, -0.05) is 176 Å². The summed E-state index contributed by atoms with van der Waals surface area (Å²) in [5.41, 5.74) is 11.8. The minimum absolute atomic E-state index is 0.688. The van der Waals surface area contributed by atoms with Crippen LogP contribution < -0.4 is 0 Å². The van der Waals surface area contributed by atoms with E-state index < -0.39 is 0 Å². The van der Waals surface area contributed by atoms with E-state index in [1.54, 1.807) is 6.20 Å². The van der Waals surface area contributed by atoms with Gasteiger partial charge in [0.25, 0.3) is 0 Å². The molecule has 8 aromatic carbocycles. The van der Waals surface area contributed by atoms with Crippen molar-refractivity contribution in [2.45, 2.75) is 0 Å². The minimum atomic E-state index is 0.688. The number of nitrogens with zero attached hydrogens (tertiary/aromatic N) is 3. The Hall–Kier alpha value is -7.23. The first-order valence-electron chi connectivity index (χ1n) is 18.3. The molecule has 0 atom stereocenters. The lowest BCUT2D eigenvalue weighted by Gasteiger charge is -2.19. The average molecular weight is 688 g/mol. The fourth-order valence-corrected chi connectivity index (χ4v) is 7.90. The highest BCUT2D eigenvalue weighted by Crippen LogP contribution is 2.46. The summed E-state index contributed by atoms with van der Waals surface area (Å²) >= 11 is 0. The van der Waals surface area contributed by atoms with E-state index in [2.05, 4.69) is 169 Å². The quantitative estimate of drug-likeness (QED) is 0.129. The Bertz CT molecular complexity index is 2960. The van der Waals surface area contributed by atoms with E-state index in [0.717, 1.165) is 44.8 Å². The van der Waals surface area contributed by atoms with Gasteiger partial charge in [-0.2, -0.15) is 0 Å². The molecule has 0 spiro atoms. The lowest BCUT2D eigenvalue weighted by Crippen LogP contribution is -1.97. The molecule has 10 rings (SSSR count). The number of benzene rings is 8. The smallest absolute Gasteiger partial charge is 0.160 e. The molecule has 0 amide bonds. The minimum Gasteiger partial charge on any atom is -0.264 e. The third kappa shape index (κ3) is 5.51. The van der Waals surface area contributed by atoms with E-state index in [4.69, 9.17) is 9.97 Å². The predicted molar refractivity (Wildman–Crippen MR) is 225 cm³/mol. The molecule has 0 N–H and O–H groups in total. The van der Waals surface area contributed by atoms with Crippen LogP contribution in [-0.4, -0.2) is 15.0 Å². The van der Waals surface area contributed by atoms with Crippen molar-refractivity contribution in [1.29, 1.82) is 0 Å². The van der Waals surface area contributed by atoms with Crippen LogP contribution in [0.3, 0.4) is 0 Å². The fraction of sp³-hybridized carbons (Fsp3) is 0. The Morgan fingerprint density at radius 1 is 0.333 bits per heavy atom. The van der Waals surface area contributed by atoms with Gasteiger partial charge in [0.05, 0.1) is 11.4 Å². The van der Waals surface area contributed by atoms with Crippen LogP contribution in [0.5, 0.6) is 0 Å². The molecule has 0 bridgehead atoms. The molecular weight excluding hydrogens is 655 g/mol. The van der Waals surface area contributed by atoms with E-state index in [1.807, 2.05) is 30.5 Å². The maximum Gasteiger partial charge on any atom is 0.160 e. The van der Waals surface area contributed by atoms with Crippen molar-refractivity contribution >= 4 is 32.3 Å². The molecule has 0 fully saturated rings. The molecular formula is C51H33N3. The highest BCUT2D eigenvalue weighted by atomic mass is 14.9. The molecule has 10 aromatic rings. The van der Waals surface area contributed by atoms with E-state index in [0.29, 0.717) is 5.82 Å². The van der Waals surface area contributed by atoms with Gasteiger partial charge in [0.2, 0.25) is 0 Å². The molecule has 0 aliphatic rings. The van der Waals surface area contributed by atoms with Crippen molar-refractivity contribution in [3.8, 4) is 67.3 Å². The van der Waals surface area contributed by atoms with Crippen molar-refractivity contribution in [3.05, 3.63) is 200 Å². The highest BCUT2D eigenvalue weighted by Gasteiger charge is 2.19. The molecule has 252 valence electrons. The summed E-state index contributed by atoms with van der Waals surface area (Å²) in [5, 5.41) is 7.48. The zero-order valence-electron chi connectivity index (χ0n) is 29.4. The van der Waals surface area contributed by atoms with Gasteiger partial charge in [-0.3, -0.25) is 4.98 Å². The van der Waals surface area contributed by atoms with Crippen molar-refractivity contribution < 1.29 is 0 Å². The standard InChI is InChI=1S/C51H33N3/c1-3-15-36(16-4-1)49-44-24-12-11-23-43(44)48(45-30-29-34-14-7-8-21-41(34)50(45)49)37-27-25-35(26-28-37)46-32-47(54-51(53-46)38-17-5-2-6-18-38)42-22-10-9-20-40(42)39-19-13-31-52-33-39/h1-33H. The third-order valence-corrected chi connectivity index (χ3v) is 10.4. The van der Waals surface area contributed by atoms with Crippen LogP contribution in [0, 0.1) is 0 Å². The second kappa shape index (κ2) is 13.4. The van der Waals surface area contributed by atoms with Crippen molar-refractivity contribution in [1.82, 2.24) is 15.0 Å². The molecule has 0 aliphatic heterocycles. The molecule has 0 saturated heterocycles. The number of fused-ring (bicyclic) bond motifs is 4. The topological polar surface area (TPSA) is 38.7 Å². The summed E-state index contributed by atoms with van der Waals surface area (Å²) in [6.45, 7) is 0. The number of aromatic nitrogens is 3. The number of hydrogen-bond acceptors (Lipinski definition) is 3. The van der Waals surface area contributed by atoms with Crippen LogP contribution in [0.15, 0.2) is 200 Å². The summed E-state index contributed by atoms with van der Waals surface area (Å²) in [6, 6.07) is 66.7. The van der Waals surface area contributed by atoms with Gasteiger partial charge in [-0.25, -0.2) is 9.97 Å². The van der Waals surface area contributed by atoms with Crippen molar-refractivity contribution in [3.63, 3.8) is 0 Å². The molecule has 0 saturated carbocycles. The zero-order valence-corrected chi connectivity index (χ0v) is 29.4. The average Bonchev–Trinajstić information content (AvgIpc) is 3.26. The molecule has 2 aromatic heterocycles. The molecule has 54 heavy (non-hydrogen) atoms. The van der Waals surface area contributed by atoms with Gasteiger partial charge in [0.1, 0.15) is 0 Å². The first-order chi connectivity index (χ1) is 26.8. The summed E-state index contributed by atoms with van der Waals surface area (Å²) in [7, 11) is 0. The van der Waals surface area contributed by atoms with Crippen LogP contribution in [-0.2, 0) is 0 Å². The van der Waals surface area contributed by atoms with Gasteiger partial charge in [0.15, 0.2) is 5.82 Å². The van der Waals surface area contributed by atoms with Gasteiger partial charge in [0, 0.05) is 34.6 Å². The van der Waals surface area contributed by atoms with Gasteiger partial charge in [-0.05, 0) is 72.3 Å². The van der Waals surface area contributed by atoms with E-state index >= 15 is 0 Å². The zero-order chi connectivity index (χ0) is 35.8. The first-order valence-corrected chi connectivity index (χ1v) is 18.3. The van der Waals surface area contributed by atoms with Gasteiger partial charge in [-0.15, -0.1) is 0 Å². The maximum absolute atomic E-state index is 5.16. The molecule has 0 unspecified atom stereocenters. The Morgan fingerprint density at radius 3 is 1.65 bits per heavy atom. The van der Waals surface area contributed by atoms with Crippen molar-refractivity contribution in [2.75, 3.05) is 0 Å². The first kappa shape index (κ1) is 31.5. The second-order valence-corrected chi connectivity index (χ2v) is 13.6. The summed E-state index contributed by atoms with van der Waals surface area (Å²) in [5.74, 6) is 0.688. The van der Waals surface area contributed by atoms with E-state index in [1.165, 1.54) is 49.0 Å². The second-order valence-electron chi connectivity index (χ2n) is 13.6. The summed E-state index contributed by atoms with van der Waals surface area (Å²) in [6.07, 6.45) is 3.71. The molecule has 3 heteroatoms. The Labute approximate surface area is 313 Å². The van der Waals surface area contributed by atoms with Crippen LogP contribution in [0.1, 0.15) is 0 Å². The van der Waals surface area contributed by atoms with Crippen LogP contribution in [0.25, 0.3) is 99.6 Å². The van der Waals surface area contributed by atoms with Gasteiger partial charge >= 0.3 is 0 Å². The maximum atomic E-state index is 5.16. The number of hydrogen-bond donors (Lipinski definition) is 0. The van der Waals surface area contributed by atoms with E-state index in [9.17, 15) is 0 Å². The lowest BCUT2D eigenvalue weighted by molar-refractivity contribution is 1.18. The molecule has 2 heterocycles. The Kier molecular flexibility index (Phi) is 7.81. The summed E-state index contributed by atoms with van der Waals surface area (Å²) in [4.78, 5) is 14.7. The molecule has 0 radical (unpaired) electrons. The van der Waals surface area contributed by atoms with Crippen LogP contribution in [0.2, 0.25) is 0 Å². The van der Waals surface area contributed by atoms with Gasteiger partial charge < -0.3 is 0 Å².